The summed E-state index contributed by atoms with van der Waals surface area (Å²) in [5.74, 6) is -0.106. The van der Waals surface area contributed by atoms with Gasteiger partial charge in [-0.15, -0.1) is 0 Å². The SMILES string of the molecule is C=CCOc1cc(OC)ccc1C(=O)N(C)CCCC(=O)O. The molecule has 0 spiro atoms. The number of carboxylic acid groups (broad SMARTS) is 1. The van der Waals surface area contributed by atoms with Crippen molar-refractivity contribution in [3.63, 3.8) is 0 Å². The zero-order chi connectivity index (χ0) is 16.5. The third kappa shape index (κ3) is 5.12. The number of nitrogens with zero attached hydrogens (tertiary/aromatic N) is 1. The summed E-state index contributed by atoms with van der Waals surface area (Å²) in [6, 6.07) is 4.95. The molecule has 1 aromatic rings. The van der Waals surface area contributed by atoms with Gasteiger partial charge < -0.3 is 19.5 Å². The van der Waals surface area contributed by atoms with E-state index in [2.05, 4.69) is 6.58 Å². The Hall–Kier alpha value is -2.50. The Balaban J connectivity index is 2.85. The van der Waals surface area contributed by atoms with Crippen molar-refractivity contribution in [2.75, 3.05) is 27.3 Å². The number of carbonyl (C=O) groups excluding carboxylic acids is 1. The first-order valence-corrected chi connectivity index (χ1v) is 6.88. The maximum atomic E-state index is 12.4. The number of methoxy groups -OCH3 is 1. The molecule has 6 nitrogen and oxygen atoms in total. The highest BCUT2D eigenvalue weighted by Gasteiger charge is 2.17. The molecule has 0 aromatic heterocycles. The van der Waals surface area contributed by atoms with Crippen molar-refractivity contribution >= 4 is 11.9 Å². The molecule has 1 rings (SSSR count). The lowest BCUT2D eigenvalue weighted by molar-refractivity contribution is -0.137. The van der Waals surface area contributed by atoms with Gasteiger partial charge in [0, 0.05) is 26.1 Å². The van der Waals surface area contributed by atoms with Crippen LogP contribution in [0.3, 0.4) is 0 Å². The van der Waals surface area contributed by atoms with Gasteiger partial charge in [-0.3, -0.25) is 9.59 Å². The van der Waals surface area contributed by atoms with Gasteiger partial charge in [-0.2, -0.15) is 0 Å². The fraction of sp³-hybridized carbons (Fsp3) is 0.375. The Morgan fingerprint density at radius 2 is 2.14 bits per heavy atom. The monoisotopic (exact) mass is 307 g/mol. The molecule has 0 radical (unpaired) electrons. The smallest absolute Gasteiger partial charge is 0.303 e. The van der Waals surface area contributed by atoms with Crippen LogP contribution in [0.25, 0.3) is 0 Å². The van der Waals surface area contributed by atoms with Gasteiger partial charge in [-0.25, -0.2) is 0 Å². The molecule has 1 aromatic carbocycles. The summed E-state index contributed by atoms with van der Waals surface area (Å²) in [4.78, 5) is 24.4. The number of hydrogen-bond donors (Lipinski definition) is 1. The second-order valence-corrected chi connectivity index (χ2v) is 4.69. The van der Waals surface area contributed by atoms with Crippen LogP contribution in [-0.2, 0) is 4.79 Å². The van der Waals surface area contributed by atoms with Crippen LogP contribution in [-0.4, -0.2) is 49.2 Å². The lowest BCUT2D eigenvalue weighted by Gasteiger charge is -2.19. The highest BCUT2D eigenvalue weighted by Crippen LogP contribution is 2.26. The standard InChI is InChI=1S/C16H21NO5/c1-4-10-22-14-11-12(21-3)7-8-13(14)16(20)17(2)9-5-6-15(18)19/h4,7-8,11H,1,5-6,9-10H2,2-3H3,(H,18,19). The molecular weight excluding hydrogens is 286 g/mol. The van der Waals surface area contributed by atoms with E-state index in [1.807, 2.05) is 0 Å². The fourth-order valence-corrected chi connectivity index (χ4v) is 1.85. The minimum atomic E-state index is -0.875. The highest BCUT2D eigenvalue weighted by atomic mass is 16.5. The Kier molecular flexibility index (Phi) is 6.95. The molecule has 0 saturated carbocycles. The summed E-state index contributed by atoms with van der Waals surface area (Å²) in [6.07, 6.45) is 2.01. The largest absolute Gasteiger partial charge is 0.497 e. The topological polar surface area (TPSA) is 76.1 Å². The molecule has 0 aliphatic carbocycles. The van der Waals surface area contributed by atoms with Crippen LogP contribution in [0.5, 0.6) is 11.5 Å². The predicted octanol–water partition coefficient (Wildman–Crippen LogP) is 2.20. The normalized spacial score (nSPS) is 9.91. The molecule has 0 unspecified atom stereocenters. The van der Waals surface area contributed by atoms with Crippen molar-refractivity contribution in [2.45, 2.75) is 12.8 Å². The van der Waals surface area contributed by atoms with Gasteiger partial charge in [0.25, 0.3) is 5.91 Å². The van der Waals surface area contributed by atoms with E-state index >= 15 is 0 Å². The number of hydrogen-bond acceptors (Lipinski definition) is 4. The van der Waals surface area contributed by atoms with Gasteiger partial charge in [0.2, 0.25) is 0 Å². The minimum absolute atomic E-state index is 0.0278. The first-order valence-electron chi connectivity index (χ1n) is 6.88. The van der Waals surface area contributed by atoms with Crippen LogP contribution in [0.2, 0.25) is 0 Å². The maximum Gasteiger partial charge on any atom is 0.303 e. The summed E-state index contributed by atoms with van der Waals surface area (Å²) in [5, 5.41) is 8.63. The number of benzene rings is 1. The first-order chi connectivity index (χ1) is 10.5. The molecule has 0 bridgehead atoms. The van der Waals surface area contributed by atoms with Crippen molar-refractivity contribution in [1.82, 2.24) is 4.90 Å². The molecule has 120 valence electrons. The first kappa shape index (κ1) is 17.6. The molecule has 0 aliphatic rings. The van der Waals surface area contributed by atoms with Crippen LogP contribution in [0.15, 0.2) is 30.9 Å². The fourth-order valence-electron chi connectivity index (χ4n) is 1.85. The number of ether oxygens (including phenoxy) is 2. The Labute approximate surface area is 129 Å². The van der Waals surface area contributed by atoms with E-state index in [1.165, 1.54) is 12.0 Å². The van der Waals surface area contributed by atoms with E-state index in [9.17, 15) is 9.59 Å². The molecule has 0 atom stereocenters. The molecule has 0 heterocycles. The Morgan fingerprint density at radius 3 is 2.73 bits per heavy atom. The van der Waals surface area contributed by atoms with Crippen molar-refractivity contribution in [3.05, 3.63) is 36.4 Å². The van der Waals surface area contributed by atoms with E-state index < -0.39 is 5.97 Å². The molecule has 22 heavy (non-hydrogen) atoms. The molecule has 0 saturated heterocycles. The van der Waals surface area contributed by atoms with Crippen LogP contribution >= 0.6 is 0 Å². The number of carboxylic acids is 1. The van der Waals surface area contributed by atoms with Gasteiger partial charge in [0.1, 0.15) is 18.1 Å². The van der Waals surface area contributed by atoms with Crippen molar-refractivity contribution in [1.29, 1.82) is 0 Å². The van der Waals surface area contributed by atoms with Crippen LogP contribution in [0.4, 0.5) is 0 Å². The summed E-state index contributed by atoms with van der Waals surface area (Å²) in [5.41, 5.74) is 0.403. The summed E-state index contributed by atoms with van der Waals surface area (Å²) in [7, 11) is 3.16. The van der Waals surface area contributed by atoms with Gasteiger partial charge in [0.05, 0.1) is 12.7 Å². The molecule has 1 N–H and O–H groups in total. The lowest BCUT2D eigenvalue weighted by Crippen LogP contribution is -2.28. The number of carbonyl (C=O) groups is 2. The molecule has 1 amide bonds. The molecule has 0 aliphatic heterocycles. The van der Waals surface area contributed by atoms with Crippen molar-refractivity contribution < 1.29 is 24.2 Å². The third-order valence-electron chi connectivity index (χ3n) is 3.01. The van der Waals surface area contributed by atoms with E-state index in [0.29, 0.717) is 30.0 Å². The van der Waals surface area contributed by atoms with Gasteiger partial charge in [-0.1, -0.05) is 12.7 Å². The number of amides is 1. The van der Waals surface area contributed by atoms with Gasteiger partial charge >= 0.3 is 5.97 Å². The Bertz CT molecular complexity index is 541. The van der Waals surface area contributed by atoms with E-state index in [0.717, 1.165) is 0 Å². The van der Waals surface area contributed by atoms with Gasteiger partial charge in [-0.05, 0) is 18.6 Å². The average molecular weight is 307 g/mol. The quantitative estimate of drug-likeness (QED) is 0.708. The third-order valence-corrected chi connectivity index (χ3v) is 3.01. The second kappa shape index (κ2) is 8.71. The van der Waals surface area contributed by atoms with E-state index in [-0.39, 0.29) is 18.9 Å². The second-order valence-electron chi connectivity index (χ2n) is 4.69. The van der Waals surface area contributed by atoms with Crippen molar-refractivity contribution in [3.8, 4) is 11.5 Å². The van der Waals surface area contributed by atoms with Crippen molar-refractivity contribution in [2.24, 2.45) is 0 Å². The van der Waals surface area contributed by atoms with E-state index in [4.69, 9.17) is 14.6 Å². The highest BCUT2D eigenvalue weighted by molar-refractivity contribution is 5.97. The number of aliphatic carboxylic acids is 1. The van der Waals surface area contributed by atoms with Gasteiger partial charge in [0.15, 0.2) is 0 Å². The lowest BCUT2D eigenvalue weighted by atomic mass is 10.1. The minimum Gasteiger partial charge on any atom is -0.497 e. The zero-order valence-electron chi connectivity index (χ0n) is 12.9. The Morgan fingerprint density at radius 1 is 1.41 bits per heavy atom. The van der Waals surface area contributed by atoms with E-state index in [1.54, 1.807) is 31.3 Å². The summed E-state index contributed by atoms with van der Waals surface area (Å²) in [6.45, 7) is 4.21. The maximum absolute atomic E-state index is 12.4. The predicted molar refractivity (Wildman–Crippen MR) is 82.5 cm³/mol. The van der Waals surface area contributed by atoms with Crippen LogP contribution in [0, 0.1) is 0 Å². The summed E-state index contributed by atoms with van der Waals surface area (Å²) < 4.78 is 10.6. The van der Waals surface area contributed by atoms with Crippen LogP contribution < -0.4 is 9.47 Å². The summed E-state index contributed by atoms with van der Waals surface area (Å²) >= 11 is 0. The number of rotatable bonds is 9. The van der Waals surface area contributed by atoms with Crippen LogP contribution in [0.1, 0.15) is 23.2 Å². The zero-order valence-corrected chi connectivity index (χ0v) is 12.9. The molecular formula is C16H21NO5. The average Bonchev–Trinajstić information content (AvgIpc) is 2.51. The molecule has 0 fully saturated rings. The molecule has 6 heteroatoms.